The second kappa shape index (κ2) is 6.75. The van der Waals surface area contributed by atoms with E-state index in [2.05, 4.69) is 50.4 Å². The standard InChI is InChI=1S/C20H18N4O2S/c25-20-23-22-19(26-20)14-5-3-13(4-6-14)11-24-9-1-2-17(24)15-7-8-18-16(10-15)21-12-27-18/h3-8,10,12,17H,1-2,9,11H2,(H,23,25). The Morgan fingerprint density at radius 2 is 2.11 bits per heavy atom. The highest BCUT2D eigenvalue weighted by Crippen LogP contribution is 2.35. The highest BCUT2D eigenvalue weighted by Gasteiger charge is 2.26. The van der Waals surface area contributed by atoms with Crippen LogP contribution in [0.3, 0.4) is 0 Å². The summed E-state index contributed by atoms with van der Waals surface area (Å²) in [5.41, 5.74) is 6.38. The zero-order valence-corrected chi connectivity index (χ0v) is 15.4. The van der Waals surface area contributed by atoms with Crippen molar-refractivity contribution < 1.29 is 4.42 Å². The maximum absolute atomic E-state index is 11.1. The van der Waals surface area contributed by atoms with Gasteiger partial charge in [0.1, 0.15) is 0 Å². The fraction of sp³-hybridized carbons (Fsp3) is 0.250. The van der Waals surface area contributed by atoms with Crippen molar-refractivity contribution >= 4 is 21.6 Å². The number of rotatable bonds is 4. The molecular formula is C20H18N4O2S. The molecule has 1 unspecified atom stereocenters. The normalized spacial score (nSPS) is 17.7. The van der Waals surface area contributed by atoms with Crippen LogP contribution in [0.4, 0.5) is 0 Å². The lowest BCUT2D eigenvalue weighted by molar-refractivity contribution is 0.248. The van der Waals surface area contributed by atoms with Gasteiger partial charge >= 0.3 is 5.76 Å². The van der Waals surface area contributed by atoms with Crippen LogP contribution in [0.2, 0.25) is 0 Å². The third kappa shape index (κ3) is 3.20. The van der Waals surface area contributed by atoms with E-state index < -0.39 is 5.76 Å². The summed E-state index contributed by atoms with van der Waals surface area (Å²) in [5.74, 6) is -0.215. The Kier molecular flexibility index (Phi) is 4.10. The average Bonchev–Trinajstić information content (AvgIpc) is 3.42. The molecule has 7 heteroatoms. The van der Waals surface area contributed by atoms with E-state index >= 15 is 0 Å². The van der Waals surface area contributed by atoms with Crippen LogP contribution in [-0.4, -0.2) is 26.6 Å². The van der Waals surface area contributed by atoms with Crippen LogP contribution < -0.4 is 5.76 Å². The summed E-state index contributed by atoms with van der Waals surface area (Å²) in [4.78, 5) is 18.1. The van der Waals surface area contributed by atoms with Gasteiger partial charge in [0.15, 0.2) is 0 Å². The molecule has 0 bridgehead atoms. The summed E-state index contributed by atoms with van der Waals surface area (Å²) in [5, 5.41) is 6.16. The van der Waals surface area contributed by atoms with Crippen LogP contribution in [0.5, 0.6) is 0 Å². The van der Waals surface area contributed by atoms with Crippen molar-refractivity contribution in [2.24, 2.45) is 0 Å². The van der Waals surface area contributed by atoms with Gasteiger partial charge in [-0.3, -0.25) is 4.90 Å². The Bertz CT molecular complexity index is 1130. The number of H-pyrrole nitrogens is 1. The van der Waals surface area contributed by atoms with Crippen molar-refractivity contribution in [2.45, 2.75) is 25.4 Å². The zero-order chi connectivity index (χ0) is 18.2. The maximum atomic E-state index is 11.1. The lowest BCUT2D eigenvalue weighted by Crippen LogP contribution is -2.22. The number of fused-ring (bicyclic) bond motifs is 1. The summed E-state index contributed by atoms with van der Waals surface area (Å²) in [6, 6.07) is 15.1. The van der Waals surface area contributed by atoms with Crippen molar-refractivity contribution in [1.29, 1.82) is 0 Å². The van der Waals surface area contributed by atoms with E-state index in [1.807, 2.05) is 17.6 Å². The smallest absolute Gasteiger partial charge is 0.388 e. The van der Waals surface area contributed by atoms with Gasteiger partial charge in [0.2, 0.25) is 5.89 Å². The average molecular weight is 378 g/mol. The number of thiazole rings is 1. The van der Waals surface area contributed by atoms with Gasteiger partial charge in [-0.15, -0.1) is 16.4 Å². The lowest BCUT2D eigenvalue weighted by atomic mass is 10.0. The molecule has 1 aliphatic heterocycles. The van der Waals surface area contributed by atoms with Gasteiger partial charge < -0.3 is 4.42 Å². The summed E-state index contributed by atoms with van der Waals surface area (Å²) in [6.45, 7) is 1.99. The number of hydrogen-bond acceptors (Lipinski definition) is 6. The maximum Gasteiger partial charge on any atom is 0.434 e. The number of nitrogens with zero attached hydrogens (tertiary/aromatic N) is 3. The van der Waals surface area contributed by atoms with Crippen LogP contribution >= 0.6 is 11.3 Å². The molecule has 1 saturated heterocycles. The molecule has 136 valence electrons. The molecule has 0 spiro atoms. The highest BCUT2D eigenvalue weighted by atomic mass is 32.1. The highest BCUT2D eigenvalue weighted by molar-refractivity contribution is 7.16. The van der Waals surface area contributed by atoms with Gasteiger partial charge in [0, 0.05) is 18.2 Å². The molecule has 2 aromatic heterocycles. The molecule has 0 radical (unpaired) electrons. The van der Waals surface area contributed by atoms with Crippen LogP contribution in [0.1, 0.15) is 30.0 Å². The molecule has 1 atom stereocenters. The number of benzene rings is 2. The van der Waals surface area contributed by atoms with Gasteiger partial charge in [-0.25, -0.2) is 14.9 Å². The van der Waals surface area contributed by atoms with E-state index in [4.69, 9.17) is 4.42 Å². The van der Waals surface area contributed by atoms with E-state index in [9.17, 15) is 4.79 Å². The number of aromatic amines is 1. The molecule has 0 aliphatic carbocycles. The Balaban J connectivity index is 1.35. The molecule has 27 heavy (non-hydrogen) atoms. The topological polar surface area (TPSA) is 75.0 Å². The first kappa shape index (κ1) is 16.4. The zero-order valence-electron chi connectivity index (χ0n) is 14.6. The van der Waals surface area contributed by atoms with Gasteiger partial charge in [0.25, 0.3) is 0 Å². The fourth-order valence-corrected chi connectivity index (χ4v) is 4.47. The Morgan fingerprint density at radius 3 is 2.93 bits per heavy atom. The van der Waals surface area contributed by atoms with E-state index in [-0.39, 0.29) is 0 Å². The minimum atomic E-state index is -0.536. The first-order chi connectivity index (χ1) is 13.3. The van der Waals surface area contributed by atoms with Crippen LogP contribution in [-0.2, 0) is 6.54 Å². The largest absolute Gasteiger partial charge is 0.434 e. The molecule has 6 nitrogen and oxygen atoms in total. The van der Waals surface area contributed by atoms with E-state index in [1.54, 1.807) is 11.3 Å². The van der Waals surface area contributed by atoms with Crippen molar-refractivity contribution in [1.82, 2.24) is 20.1 Å². The first-order valence-corrected chi connectivity index (χ1v) is 9.86. The quantitative estimate of drug-likeness (QED) is 0.581. The Hall–Kier alpha value is -2.77. The molecule has 3 heterocycles. The molecule has 5 rings (SSSR count). The van der Waals surface area contributed by atoms with E-state index in [0.29, 0.717) is 11.9 Å². The molecule has 1 N–H and O–H groups in total. The van der Waals surface area contributed by atoms with Crippen molar-refractivity contribution in [3.63, 3.8) is 0 Å². The third-order valence-electron chi connectivity index (χ3n) is 5.13. The van der Waals surface area contributed by atoms with Gasteiger partial charge in [-0.2, -0.15) is 0 Å². The SMILES string of the molecule is O=c1[nH]nc(-c2ccc(CN3CCCC3c3ccc4scnc4c3)cc2)o1. The monoisotopic (exact) mass is 378 g/mol. The second-order valence-corrected chi connectivity index (χ2v) is 7.71. The van der Waals surface area contributed by atoms with Gasteiger partial charge in [0.05, 0.1) is 15.7 Å². The van der Waals surface area contributed by atoms with Crippen molar-refractivity contribution in [3.8, 4) is 11.5 Å². The summed E-state index contributed by atoms with van der Waals surface area (Å²) >= 11 is 1.68. The molecule has 4 aromatic rings. The van der Waals surface area contributed by atoms with Crippen LogP contribution in [0, 0.1) is 0 Å². The molecular weight excluding hydrogens is 360 g/mol. The third-order valence-corrected chi connectivity index (χ3v) is 5.94. The minimum absolute atomic E-state index is 0.321. The first-order valence-electron chi connectivity index (χ1n) is 8.98. The molecule has 1 fully saturated rings. The van der Waals surface area contributed by atoms with Crippen molar-refractivity contribution in [3.05, 3.63) is 69.7 Å². The predicted octanol–water partition coefficient (Wildman–Crippen LogP) is 3.98. The number of hydrogen-bond donors (Lipinski definition) is 1. The predicted molar refractivity (Wildman–Crippen MR) is 105 cm³/mol. The Morgan fingerprint density at radius 1 is 1.22 bits per heavy atom. The van der Waals surface area contributed by atoms with E-state index in [1.165, 1.54) is 28.7 Å². The molecule has 2 aromatic carbocycles. The summed E-state index contributed by atoms with van der Waals surface area (Å²) in [7, 11) is 0. The van der Waals surface area contributed by atoms with Crippen LogP contribution in [0.15, 0.2) is 57.2 Å². The minimum Gasteiger partial charge on any atom is -0.388 e. The summed E-state index contributed by atoms with van der Waals surface area (Å²) in [6.07, 6.45) is 2.38. The van der Waals surface area contributed by atoms with Crippen molar-refractivity contribution in [2.75, 3.05) is 6.54 Å². The molecule has 1 aliphatic rings. The van der Waals surface area contributed by atoms with Crippen LogP contribution in [0.25, 0.3) is 21.7 Å². The number of aromatic nitrogens is 3. The summed E-state index contributed by atoms with van der Waals surface area (Å²) < 4.78 is 6.25. The number of nitrogens with one attached hydrogen (secondary N) is 1. The van der Waals surface area contributed by atoms with Gasteiger partial charge in [-0.1, -0.05) is 18.2 Å². The van der Waals surface area contributed by atoms with Gasteiger partial charge in [-0.05, 0) is 54.8 Å². The lowest BCUT2D eigenvalue weighted by Gasteiger charge is -2.25. The number of likely N-dealkylation sites (tertiary alicyclic amines) is 1. The second-order valence-electron chi connectivity index (χ2n) is 6.82. The molecule has 0 saturated carbocycles. The fourth-order valence-electron chi connectivity index (χ4n) is 3.82. The van der Waals surface area contributed by atoms with E-state index in [0.717, 1.165) is 24.2 Å². The molecule has 0 amide bonds. The Labute approximate surface area is 159 Å².